The molecule has 0 heterocycles. The molecule has 0 aromatic heterocycles. The molecule has 1 nitrogen and oxygen atoms in total. The van der Waals surface area contributed by atoms with Crippen molar-refractivity contribution >= 4 is 15.9 Å². The molecule has 0 amide bonds. The molecule has 0 fully saturated rings. The maximum atomic E-state index is 13.3. The Hall–Kier alpha value is -1.19. The molecule has 0 spiro atoms. The van der Waals surface area contributed by atoms with Crippen LogP contribution in [0.15, 0.2) is 53.0 Å². The molecule has 0 aliphatic heterocycles. The van der Waals surface area contributed by atoms with Crippen molar-refractivity contribution in [3.63, 3.8) is 0 Å². The zero-order chi connectivity index (χ0) is 13.7. The van der Waals surface area contributed by atoms with Gasteiger partial charge in [-0.25, -0.2) is 4.39 Å². The van der Waals surface area contributed by atoms with Gasteiger partial charge in [0, 0.05) is 10.5 Å². The van der Waals surface area contributed by atoms with E-state index in [2.05, 4.69) is 28.1 Å². The van der Waals surface area contributed by atoms with Crippen LogP contribution in [0, 0.1) is 5.82 Å². The first-order chi connectivity index (χ1) is 9.15. The maximum Gasteiger partial charge on any atom is 0.124 e. The summed E-state index contributed by atoms with van der Waals surface area (Å²) >= 11 is 3.29. The number of aryl methyl sites for hydroxylation is 1. The first-order valence-corrected chi connectivity index (χ1v) is 7.20. The minimum Gasteiger partial charge on any atom is -0.324 e. The van der Waals surface area contributed by atoms with Crippen LogP contribution in [-0.4, -0.2) is 0 Å². The lowest BCUT2D eigenvalue weighted by Gasteiger charge is -2.12. The van der Waals surface area contributed by atoms with Gasteiger partial charge in [0.1, 0.15) is 5.82 Å². The summed E-state index contributed by atoms with van der Waals surface area (Å²) in [4.78, 5) is 0. The van der Waals surface area contributed by atoms with Crippen molar-refractivity contribution in [1.82, 2.24) is 0 Å². The predicted octanol–water partition coefficient (Wildman–Crippen LogP) is 4.61. The molecule has 1 unspecified atom stereocenters. The lowest BCUT2D eigenvalue weighted by molar-refractivity contribution is 0.592. The molecule has 0 aliphatic rings. The number of hydrogen-bond acceptors (Lipinski definition) is 1. The van der Waals surface area contributed by atoms with Gasteiger partial charge in [0.2, 0.25) is 0 Å². The molecular weight excluding hydrogens is 305 g/mol. The molecule has 19 heavy (non-hydrogen) atoms. The van der Waals surface area contributed by atoms with Gasteiger partial charge >= 0.3 is 0 Å². The van der Waals surface area contributed by atoms with Gasteiger partial charge in [-0.05, 0) is 48.6 Å². The summed E-state index contributed by atoms with van der Waals surface area (Å²) in [5.41, 5.74) is 8.27. The second-order valence-corrected chi connectivity index (χ2v) is 5.60. The number of rotatable bonds is 5. The van der Waals surface area contributed by atoms with Gasteiger partial charge < -0.3 is 5.73 Å². The summed E-state index contributed by atoms with van der Waals surface area (Å²) in [7, 11) is 0. The highest BCUT2D eigenvalue weighted by molar-refractivity contribution is 9.10. The summed E-state index contributed by atoms with van der Waals surface area (Å²) < 4.78 is 14.0. The van der Waals surface area contributed by atoms with E-state index in [0.717, 1.165) is 29.3 Å². The van der Waals surface area contributed by atoms with E-state index in [1.807, 2.05) is 24.3 Å². The second-order valence-electron chi connectivity index (χ2n) is 4.69. The zero-order valence-electron chi connectivity index (χ0n) is 10.7. The molecule has 0 radical (unpaired) electrons. The van der Waals surface area contributed by atoms with E-state index in [0.29, 0.717) is 0 Å². The fourth-order valence-corrected chi connectivity index (χ4v) is 2.61. The van der Waals surface area contributed by atoms with Gasteiger partial charge in [0.05, 0.1) is 0 Å². The molecule has 1 atom stereocenters. The van der Waals surface area contributed by atoms with E-state index in [1.165, 1.54) is 17.7 Å². The minimum atomic E-state index is -0.247. The monoisotopic (exact) mass is 321 g/mol. The topological polar surface area (TPSA) is 26.0 Å². The number of nitrogens with two attached hydrogens (primary N) is 1. The molecule has 2 rings (SSSR count). The molecule has 0 saturated heterocycles. The van der Waals surface area contributed by atoms with E-state index < -0.39 is 0 Å². The third kappa shape index (κ3) is 4.44. The Kier molecular flexibility index (Phi) is 5.11. The Morgan fingerprint density at radius 3 is 2.53 bits per heavy atom. The normalized spacial score (nSPS) is 12.4. The minimum absolute atomic E-state index is 0.115. The standard InChI is InChI=1S/C16H17BrFN/c17-14-9-13(10-15(18)11-14)16(19)8-4-7-12-5-2-1-3-6-12/h1-3,5-6,9-11,16H,4,7-8,19H2. The van der Waals surface area contributed by atoms with E-state index in [4.69, 9.17) is 5.73 Å². The SMILES string of the molecule is NC(CCCc1ccccc1)c1cc(F)cc(Br)c1. The molecule has 2 N–H and O–H groups in total. The molecular formula is C16H17BrFN. The summed E-state index contributed by atoms with van der Waals surface area (Å²) in [6.07, 6.45) is 2.86. The fourth-order valence-electron chi connectivity index (χ4n) is 2.13. The lowest BCUT2D eigenvalue weighted by atomic mass is 10.00. The second kappa shape index (κ2) is 6.83. The van der Waals surface area contributed by atoms with E-state index in [1.54, 1.807) is 0 Å². The quantitative estimate of drug-likeness (QED) is 0.855. The summed E-state index contributed by atoms with van der Waals surface area (Å²) in [5, 5.41) is 0. The van der Waals surface area contributed by atoms with E-state index >= 15 is 0 Å². The first kappa shape index (κ1) is 14.2. The van der Waals surface area contributed by atoms with Gasteiger partial charge in [-0.3, -0.25) is 0 Å². The van der Waals surface area contributed by atoms with Crippen LogP contribution >= 0.6 is 15.9 Å². The largest absolute Gasteiger partial charge is 0.324 e. The highest BCUT2D eigenvalue weighted by atomic mass is 79.9. The average Bonchev–Trinajstić information content (AvgIpc) is 2.38. The summed E-state index contributed by atoms with van der Waals surface area (Å²) in [5.74, 6) is -0.247. The van der Waals surface area contributed by atoms with Gasteiger partial charge in [0.25, 0.3) is 0 Å². The molecule has 2 aromatic rings. The van der Waals surface area contributed by atoms with Crippen molar-refractivity contribution in [2.75, 3.05) is 0 Å². The summed E-state index contributed by atoms with van der Waals surface area (Å²) in [6.45, 7) is 0. The van der Waals surface area contributed by atoms with Crippen LogP contribution in [0.25, 0.3) is 0 Å². The van der Waals surface area contributed by atoms with Gasteiger partial charge in [-0.15, -0.1) is 0 Å². The Bertz CT molecular complexity index is 507. The highest BCUT2D eigenvalue weighted by Crippen LogP contribution is 2.22. The van der Waals surface area contributed by atoms with Gasteiger partial charge in [0.15, 0.2) is 0 Å². The third-order valence-electron chi connectivity index (χ3n) is 3.14. The maximum absolute atomic E-state index is 13.3. The molecule has 0 bridgehead atoms. The van der Waals surface area contributed by atoms with E-state index in [9.17, 15) is 4.39 Å². The Morgan fingerprint density at radius 2 is 1.84 bits per heavy atom. The number of benzene rings is 2. The van der Waals surface area contributed by atoms with E-state index in [-0.39, 0.29) is 11.9 Å². The Labute approximate surface area is 121 Å². The molecule has 2 aromatic carbocycles. The van der Waals surface area contributed by atoms with Crippen LogP contribution < -0.4 is 5.73 Å². The van der Waals surface area contributed by atoms with Crippen LogP contribution in [0.1, 0.15) is 30.0 Å². The highest BCUT2D eigenvalue weighted by Gasteiger charge is 2.08. The van der Waals surface area contributed by atoms with Crippen molar-refractivity contribution in [2.45, 2.75) is 25.3 Å². The van der Waals surface area contributed by atoms with Crippen molar-refractivity contribution < 1.29 is 4.39 Å². The van der Waals surface area contributed by atoms with Crippen LogP contribution in [0.4, 0.5) is 4.39 Å². The Morgan fingerprint density at radius 1 is 1.11 bits per heavy atom. The molecule has 0 aliphatic carbocycles. The predicted molar refractivity (Wildman–Crippen MR) is 80.4 cm³/mol. The molecule has 100 valence electrons. The smallest absolute Gasteiger partial charge is 0.124 e. The zero-order valence-corrected chi connectivity index (χ0v) is 12.2. The summed E-state index contributed by atoms with van der Waals surface area (Å²) in [6, 6.07) is 15.1. The molecule has 0 saturated carbocycles. The van der Waals surface area contributed by atoms with Crippen molar-refractivity contribution in [3.05, 3.63) is 69.9 Å². The fraction of sp³-hybridized carbons (Fsp3) is 0.250. The first-order valence-electron chi connectivity index (χ1n) is 6.40. The average molecular weight is 322 g/mol. The van der Waals surface area contributed by atoms with Crippen LogP contribution in [-0.2, 0) is 6.42 Å². The Balaban J connectivity index is 1.89. The number of halogens is 2. The van der Waals surface area contributed by atoms with Gasteiger partial charge in [-0.1, -0.05) is 46.3 Å². The van der Waals surface area contributed by atoms with Crippen molar-refractivity contribution in [2.24, 2.45) is 5.73 Å². The lowest BCUT2D eigenvalue weighted by Crippen LogP contribution is -2.11. The van der Waals surface area contributed by atoms with Crippen LogP contribution in [0.3, 0.4) is 0 Å². The van der Waals surface area contributed by atoms with Crippen LogP contribution in [0.5, 0.6) is 0 Å². The van der Waals surface area contributed by atoms with Crippen molar-refractivity contribution in [3.8, 4) is 0 Å². The third-order valence-corrected chi connectivity index (χ3v) is 3.59. The van der Waals surface area contributed by atoms with Crippen molar-refractivity contribution in [1.29, 1.82) is 0 Å². The number of hydrogen-bond donors (Lipinski definition) is 1. The van der Waals surface area contributed by atoms with Crippen LogP contribution in [0.2, 0.25) is 0 Å². The van der Waals surface area contributed by atoms with Gasteiger partial charge in [-0.2, -0.15) is 0 Å². The molecule has 3 heteroatoms.